The van der Waals surface area contributed by atoms with Crippen molar-refractivity contribution in [1.82, 2.24) is 5.01 Å². The first-order valence-electron chi connectivity index (χ1n) is 10.1. The first-order valence-corrected chi connectivity index (χ1v) is 13.0. The number of carbonyl (C=O) groups is 1. The van der Waals surface area contributed by atoms with Crippen molar-refractivity contribution in [3.63, 3.8) is 0 Å². The molecule has 1 N–H and O–H groups in total. The fraction of sp³-hybridized carbons (Fsp3) is 0.182. The van der Waals surface area contributed by atoms with E-state index in [1.54, 1.807) is 36.4 Å². The maximum absolute atomic E-state index is 12.5. The summed E-state index contributed by atoms with van der Waals surface area (Å²) in [5.41, 5.74) is 0.647. The summed E-state index contributed by atoms with van der Waals surface area (Å²) in [5.74, 6) is 0.183. The number of sulfone groups is 1. The zero-order chi connectivity index (χ0) is 24.3. The molecular weight excluding hydrogens is 500 g/mol. The molecule has 0 saturated carbocycles. The van der Waals surface area contributed by atoms with Gasteiger partial charge >= 0.3 is 0 Å². The zero-order valence-electron chi connectivity index (χ0n) is 17.9. The van der Waals surface area contributed by atoms with Crippen molar-refractivity contribution >= 4 is 60.6 Å². The molecule has 34 heavy (non-hydrogen) atoms. The van der Waals surface area contributed by atoms with Crippen molar-refractivity contribution in [1.29, 1.82) is 5.41 Å². The summed E-state index contributed by atoms with van der Waals surface area (Å²) in [5, 5.41) is 14.0. The molecule has 0 fully saturated rings. The Labute approximate surface area is 205 Å². The monoisotopic (exact) mass is 518 g/mol. The molecule has 0 unspecified atom stereocenters. The van der Waals surface area contributed by atoms with Crippen LogP contribution in [-0.4, -0.2) is 53.7 Å². The number of benzene rings is 2. The molecular formula is C22H19ClN4O5S2. The molecule has 0 aliphatic carbocycles. The summed E-state index contributed by atoms with van der Waals surface area (Å²) in [7, 11) is -3.57. The number of fused-ring (bicyclic) bond motifs is 1. The van der Waals surface area contributed by atoms with Gasteiger partial charge in [-0.15, -0.1) is 5.10 Å². The van der Waals surface area contributed by atoms with Gasteiger partial charge in [0.25, 0.3) is 5.91 Å². The summed E-state index contributed by atoms with van der Waals surface area (Å²) in [4.78, 5) is 16.4. The average Bonchev–Trinajstić information content (AvgIpc) is 3.26. The minimum Gasteiger partial charge on any atom is -0.490 e. The SMILES string of the molecule is CCS(=O)(=O)C1=NN2C(=N)/C(=C\c3ccc(OCCOc4ccccc4Cl)cc3)C(=O)N=C2S1. The Morgan fingerprint density at radius 3 is 2.53 bits per heavy atom. The van der Waals surface area contributed by atoms with Crippen molar-refractivity contribution in [3.8, 4) is 11.5 Å². The number of amidine groups is 2. The highest BCUT2D eigenvalue weighted by molar-refractivity contribution is 8.42. The van der Waals surface area contributed by atoms with Gasteiger partial charge in [0.1, 0.15) is 24.7 Å². The molecule has 176 valence electrons. The third-order valence-electron chi connectivity index (χ3n) is 4.72. The fourth-order valence-corrected chi connectivity index (χ4v) is 5.28. The molecule has 2 aliphatic rings. The highest BCUT2D eigenvalue weighted by atomic mass is 35.5. The number of halogens is 1. The molecule has 0 aromatic heterocycles. The van der Waals surface area contributed by atoms with Crippen LogP contribution < -0.4 is 9.47 Å². The third-order valence-corrected chi connectivity index (χ3v) is 8.12. The van der Waals surface area contributed by atoms with Crippen LogP contribution in [0.25, 0.3) is 6.08 Å². The summed E-state index contributed by atoms with van der Waals surface area (Å²) in [6, 6.07) is 14.1. The number of hydrogen-bond acceptors (Lipinski definition) is 8. The number of hydrazone groups is 1. The maximum Gasteiger partial charge on any atom is 0.283 e. The molecule has 2 aromatic rings. The van der Waals surface area contributed by atoms with Crippen LogP contribution in [-0.2, 0) is 14.6 Å². The molecule has 0 bridgehead atoms. The number of nitrogens with zero attached hydrogens (tertiary/aromatic N) is 3. The van der Waals surface area contributed by atoms with Gasteiger partial charge in [-0.3, -0.25) is 10.2 Å². The lowest BCUT2D eigenvalue weighted by molar-refractivity contribution is -0.114. The topological polar surface area (TPSA) is 121 Å². The van der Waals surface area contributed by atoms with E-state index in [-0.39, 0.29) is 26.7 Å². The normalized spacial score (nSPS) is 16.9. The van der Waals surface area contributed by atoms with Gasteiger partial charge in [-0.25, -0.2) is 8.42 Å². The van der Waals surface area contributed by atoms with Crippen molar-refractivity contribution in [2.24, 2.45) is 10.1 Å². The van der Waals surface area contributed by atoms with Crippen LogP contribution in [0.5, 0.6) is 11.5 Å². The highest BCUT2D eigenvalue weighted by Crippen LogP contribution is 2.30. The minimum atomic E-state index is -3.57. The molecule has 2 heterocycles. The molecule has 4 rings (SSSR count). The van der Waals surface area contributed by atoms with E-state index < -0.39 is 15.7 Å². The van der Waals surface area contributed by atoms with Gasteiger partial charge in [0.05, 0.1) is 16.3 Å². The molecule has 1 amide bonds. The van der Waals surface area contributed by atoms with E-state index in [4.69, 9.17) is 26.5 Å². The lowest BCUT2D eigenvalue weighted by Gasteiger charge is -2.20. The second-order valence-corrected chi connectivity index (χ2v) is 10.8. The van der Waals surface area contributed by atoms with Crippen LogP contribution in [0.15, 0.2) is 64.2 Å². The zero-order valence-corrected chi connectivity index (χ0v) is 20.3. The van der Waals surface area contributed by atoms with Crippen LogP contribution in [0.1, 0.15) is 12.5 Å². The standard InChI is InChI=1S/C22H19ClN4O5S2/c1-2-34(29,30)22-26-27-19(24)16(20(28)25-21(27)33-22)13-14-7-9-15(10-8-14)31-11-12-32-18-6-4-3-5-17(18)23/h3-10,13,24H,2,11-12H2,1H3/b16-13+,24-19?. The molecule has 9 nitrogen and oxygen atoms in total. The number of amides is 1. The number of nitrogens with one attached hydrogen (secondary N) is 1. The Balaban J connectivity index is 1.40. The van der Waals surface area contributed by atoms with Gasteiger partial charge in [-0.2, -0.15) is 10.0 Å². The van der Waals surface area contributed by atoms with E-state index in [0.29, 0.717) is 35.3 Å². The average molecular weight is 519 g/mol. The van der Waals surface area contributed by atoms with Crippen LogP contribution in [0, 0.1) is 5.41 Å². The Morgan fingerprint density at radius 2 is 1.82 bits per heavy atom. The molecule has 0 spiro atoms. The van der Waals surface area contributed by atoms with Crippen LogP contribution in [0.2, 0.25) is 5.02 Å². The first-order chi connectivity index (χ1) is 16.3. The van der Waals surface area contributed by atoms with Crippen molar-refractivity contribution in [2.75, 3.05) is 19.0 Å². The predicted molar refractivity (Wildman–Crippen MR) is 133 cm³/mol. The lowest BCUT2D eigenvalue weighted by Crippen LogP contribution is -2.35. The van der Waals surface area contributed by atoms with Gasteiger partial charge in [0.15, 0.2) is 5.84 Å². The highest BCUT2D eigenvalue weighted by Gasteiger charge is 2.39. The van der Waals surface area contributed by atoms with E-state index in [9.17, 15) is 13.2 Å². The number of aliphatic imine (C=N–C) groups is 1. The Kier molecular flexibility index (Phi) is 7.05. The van der Waals surface area contributed by atoms with E-state index >= 15 is 0 Å². The van der Waals surface area contributed by atoms with Gasteiger partial charge in [0.2, 0.25) is 19.4 Å². The number of carbonyl (C=O) groups excluding carboxylic acids is 1. The Morgan fingerprint density at radius 1 is 1.12 bits per heavy atom. The number of hydrogen-bond donors (Lipinski definition) is 1. The predicted octanol–water partition coefficient (Wildman–Crippen LogP) is 3.81. The fourth-order valence-electron chi connectivity index (χ4n) is 2.92. The van der Waals surface area contributed by atoms with Gasteiger partial charge in [0, 0.05) is 0 Å². The molecule has 0 saturated heterocycles. The minimum absolute atomic E-state index is 0.00468. The number of ether oxygens (including phenoxy) is 2. The summed E-state index contributed by atoms with van der Waals surface area (Å²) < 4.78 is 35.2. The van der Waals surface area contributed by atoms with Gasteiger partial charge < -0.3 is 9.47 Å². The summed E-state index contributed by atoms with van der Waals surface area (Å²) in [6.45, 7) is 2.12. The summed E-state index contributed by atoms with van der Waals surface area (Å²) in [6.07, 6.45) is 1.50. The van der Waals surface area contributed by atoms with E-state index in [1.165, 1.54) is 13.0 Å². The molecule has 2 aliphatic heterocycles. The van der Waals surface area contributed by atoms with Crippen molar-refractivity contribution < 1.29 is 22.7 Å². The van der Waals surface area contributed by atoms with Crippen molar-refractivity contribution in [2.45, 2.75) is 6.92 Å². The molecule has 2 aromatic carbocycles. The lowest BCUT2D eigenvalue weighted by atomic mass is 10.1. The van der Waals surface area contributed by atoms with Crippen LogP contribution >= 0.6 is 23.4 Å². The Hall–Kier alpha value is -3.15. The van der Waals surface area contributed by atoms with Gasteiger partial charge in [-0.1, -0.05) is 42.8 Å². The number of rotatable bonds is 7. The van der Waals surface area contributed by atoms with E-state index in [0.717, 1.165) is 16.8 Å². The molecule has 0 radical (unpaired) electrons. The van der Waals surface area contributed by atoms with E-state index in [1.807, 2.05) is 12.1 Å². The third kappa shape index (κ3) is 5.16. The summed E-state index contributed by atoms with van der Waals surface area (Å²) >= 11 is 6.81. The van der Waals surface area contributed by atoms with E-state index in [2.05, 4.69) is 10.1 Å². The number of para-hydroxylation sites is 1. The van der Waals surface area contributed by atoms with Crippen LogP contribution in [0.3, 0.4) is 0 Å². The second-order valence-electron chi connectivity index (χ2n) is 6.99. The van der Waals surface area contributed by atoms with Crippen molar-refractivity contribution in [3.05, 3.63) is 64.7 Å². The largest absolute Gasteiger partial charge is 0.490 e. The maximum atomic E-state index is 12.5. The quantitative estimate of drug-likeness (QED) is 0.437. The van der Waals surface area contributed by atoms with Crippen LogP contribution in [0.4, 0.5) is 0 Å². The molecule has 12 heteroatoms. The van der Waals surface area contributed by atoms with Gasteiger partial charge in [-0.05, 0) is 47.7 Å². The molecule has 0 atom stereocenters. The number of thioether (sulfide) groups is 1. The smallest absolute Gasteiger partial charge is 0.283 e. The Bertz CT molecular complexity index is 1340. The first kappa shape index (κ1) is 24.0. The second kappa shape index (κ2) is 10.00.